The van der Waals surface area contributed by atoms with Gasteiger partial charge in [0.1, 0.15) is 17.8 Å². The van der Waals surface area contributed by atoms with Gasteiger partial charge in [-0.25, -0.2) is 9.37 Å². The maximum atomic E-state index is 14.5. The van der Waals surface area contributed by atoms with E-state index in [2.05, 4.69) is 4.98 Å². The van der Waals surface area contributed by atoms with Crippen LogP contribution in [0.4, 0.5) is 4.39 Å². The number of rotatable bonds is 7. The van der Waals surface area contributed by atoms with Gasteiger partial charge in [-0.15, -0.1) is 0 Å². The fraction of sp³-hybridized carbons (Fsp3) is 0.261. The standard InChI is InChI=1S/C23H24FN3O2/c1-16(2)27(23(29)22-14-26(3)15-25-22)13-18-7-8-21(24)20(12-18)19-6-4-5-17(11-19)9-10-28/h4-8,10-12,14-16H,9,13H2,1-3H3. The third-order valence-corrected chi connectivity index (χ3v) is 4.75. The van der Waals surface area contributed by atoms with Crippen LogP contribution in [0.15, 0.2) is 55.0 Å². The van der Waals surface area contributed by atoms with E-state index in [0.717, 1.165) is 17.4 Å². The molecule has 150 valence electrons. The molecule has 0 atom stereocenters. The highest BCUT2D eigenvalue weighted by molar-refractivity contribution is 5.92. The van der Waals surface area contributed by atoms with Gasteiger partial charge in [-0.2, -0.15) is 0 Å². The Labute approximate surface area is 169 Å². The van der Waals surface area contributed by atoms with Crippen LogP contribution in [-0.4, -0.2) is 32.7 Å². The maximum absolute atomic E-state index is 14.5. The minimum absolute atomic E-state index is 0.0473. The molecule has 1 amide bonds. The van der Waals surface area contributed by atoms with E-state index in [1.165, 1.54) is 6.07 Å². The number of aromatic nitrogens is 2. The summed E-state index contributed by atoms with van der Waals surface area (Å²) in [6.07, 6.45) is 4.39. The van der Waals surface area contributed by atoms with Gasteiger partial charge in [0, 0.05) is 37.8 Å². The Morgan fingerprint density at radius 2 is 2.00 bits per heavy atom. The summed E-state index contributed by atoms with van der Waals surface area (Å²) >= 11 is 0. The van der Waals surface area contributed by atoms with Crippen molar-refractivity contribution < 1.29 is 14.0 Å². The molecule has 0 saturated heterocycles. The summed E-state index contributed by atoms with van der Waals surface area (Å²) < 4.78 is 16.3. The van der Waals surface area contributed by atoms with Crippen LogP contribution in [-0.2, 0) is 24.8 Å². The Bertz CT molecular complexity index is 1030. The van der Waals surface area contributed by atoms with Gasteiger partial charge in [-0.1, -0.05) is 30.3 Å². The van der Waals surface area contributed by atoms with Gasteiger partial charge >= 0.3 is 0 Å². The van der Waals surface area contributed by atoms with E-state index >= 15 is 0 Å². The van der Waals surface area contributed by atoms with Crippen molar-refractivity contribution in [1.82, 2.24) is 14.5 Å². The highest BCUT2D eigenvalue weighted by atomic mass is 19.1. The molecular formula is C23H24FN3O2. The normalized spacial score (nSPS) is 10.9. The summed E-state index contributed by atoms with van der Waals surface area (Å²) in [5.74, 6) is -0.511. The fourth-order valence-electron chi connectivity index (χ4n) is 3.21. The van der Waals surface area contributed by atoms with Crippen molar-refractivity contribution in [3.63, 3.8) is 0 Å². The number of carbonyl (C=O) groups is 2. The molecule has 1 heterocycles. The Morgan fingerprint density at radius 3 is 2.66 bits per heavy atom. The van der Waals surface area contributed by atoms with Crippen LogP contribution in [0.5, 0.6) is 0 Å². The van der Waals surface area contributed by atoms with E-state index in [1.807, 2.05) is 45.2 Å². The first-order valence-corrected chi connectivity index (χ1v) is 9.49. The summed E-state index contributed by atoms with van der Waals surface area (Å²) in [5.41, 5.74) is 3.18. The summed E-state index contributed by atoms with van der Waals surface area (Å²) in [7, 11) is 1.81. The van der Waals surface area contributed by atoms with Crippen molar-refractivity contribution in [3.8, 4) is 11.1 Å². The third-order valence-electron chi connectivity index (χ3n) is 4.75. The minimum atomic E-state index is -0.343. The Hall–Kier alpha value is -3.28. The van der Waals surface area contributed by atoms with Crippen LogP contribution in [0.1, 0.15) is 35.5 Å². The number of benzene rings is 2. The molecule has 0 aliphatic carbocycles. The number of hydrogen-bond donors (Lipinski definition) is 0. The second-order valence-electron chi connectivity index (χ2n) is 7.34. The van der Waals surface area contributed by atoms with E-state index in [-0.39, 0.29) is 24.2 Å². The lowest BCUT2D eigenvalue weighted by Crippen LogP contribution is -2.36. The minimum Gasteiger partial charge on any atom is -0.340 e. The molecular weight excluding hydrogens is 369 g/mol. The molecule has 0 fully saturated rings. The number of halogens is 1. The number of amides is 1. The lowest BCUT2D eigenvalue weighted by molar-refractivity contribution is -0.107. The van der Waals surface area contributed by atoms with Crippen LogP contribution in [0.25, 0.3) is 11.1 Å². The molecule has 0 spiro atoms. The van der Waals surface area contributed by atoms with Gasteiger partial charge in [0.15, 0.2) is 0 Å². The largest absolute Gasteiger partial charge is 0.340 e. The monoisotopic (exact) mass is 393 g/mol. The van der Waals surface area contributed by atoms with Crippen molar-refractivity contribution >= 4 is 12.2 Å². The van der Waals surface area contributed by atoms with Crippen molar-refractivity contribution in [2.24, 2.45) is 7.05 Å². The number of nitrogens with zero attached hydrogens (tertiary/aromatic N) is 3. The lowest BCUT2D eigenvalue weighted by Gasteiger charge is -2.26. The molecule has 5 nitrogen and oxygen atoms in total. The molecule has 0 aliphatic heterocycles. The van der Waals surface area contributed by atoms with Gasteiger partial charge in [0.05, 0.1) is 6.33 Å². The van der Waals surface area contributed by atoms with Crippen molar-refractivity contribution in [1.29, 1.82) is 0 Å². The van der Waals surface area contributed by atoms with Gasteiger partial charge in [-0.3, -0.25) is 4.79 Å². The number of aldehydes is 1. The number of hydrogen-bond acceptors (Lipinski definition) is 3. The summed E-state index contributed by atoms with van der Waals surface area (Å²) in [5, 5.41) is 0. The fourth-order valence-corrected chi connectivity index (χ4v) is 3.21. The second kappa shape index (κ2) is 8.82. The molecule has 3 rings (SSSR count). The molecule has 0 saturated carbocycles. The first-order valence-electron chi connectivity index (χ1n) is 9.49. The Morgan fingerprint density at radius 1 is 1.21 bits per heavy atom. The molecule has 0 aliphatic rings. The van der Waals surface area contributed by atoms with Crippen LogP contribution >= 0.6 is 0 Å². The highest BCUT2D eigenvalue weighted by Crippen LogP contribution is 2.26. The lowest BCUT2D eigenvalue weighted by atomic mass is 9.99. The smallest absolute Gasteiger partial charge is 0.274 e. The Kier molecular flexibility index (Phi) is 6.22. The molecule has 29 heavy (non-hydrogen) atoms. The molecule has 1 aromatic heterocycles. The van der Waals surface area contributed by atoms with E-state index in [0.29, 0.717) is 23.4 Å². The quantitative estimate of drug-likeness (QED) is 0.570. The van der Waals surface area contributed by atoms with E-state index in [4.69, 9.17) is 0 Å². The van der Waals surface area contributed by atoms with Crippen molar-refractivity contribution in [2.75, 3.05) is 0 Å². The van der Waals surface area contributed by atoms with Gasteiger partial charge in [0.25, 0.3) is 5.91 Å². The topological polar surface area (TPSA) is 55.2 Å². The molecule has 0 radical (unpaired) electrons. The van der Waals surface area contributed by atoms with Crippen molar-refractivity contribution in [3.05, 3.63) is 77.6 Å². The molecule has 2 aromatic carbocycles. The highest BCUT2D eigenvalue weighted by Gasteiger charge is 2.21. The van der Waals surface area contributed by atoms with Gasteiger partial charge in [0.2, 0.25) is 0 Å². The van der Waals surface area contributed by atoms with Crippen LogP contribution in [0, 0.1) is 5.82 Å². The molecule has 0 bridgehead atoms. The zero-order valence-electron chi connectivity index (χ0n) is 16.8. The molecule has 0 unspecified atom stereocenters. The Balaban J connectivity index is 1.90. The summed E-state index contributed by atoms with van der Waals surface area (Å²) in [6.45, 7) is 4.22. The number of imidazole rings is 1. The zero-order valence-corrected chi connectivity index (χ0v) is 16.8. The van der Waals surface area contributed by atoms with Crippen molar-refractivity contribution in [2.45, 2.75) is 32.9 Å². The predicted octanol–water partition coefficient (Wildman–Crippen LogP) is 4.02. The second-order valence-corrected chi connectivity index (χ2v) is 7.34. The third kappa shape index (κ3) is 4.77. The first kappa shape index (κ1) is 20.5. The van der Waals surface area contributed by atoms with Gasteiger partial charge < -0.3 is 14.3 Å². The zero-order chi connectivity index (χ0) is 21.0. The maximum Gasteiger partial charge on any atom is 0.274 e. The van der Waals surface area contributed by atoms with Crippen LogP contribution < -0.4 is 0 Å². The van der Waals surface area contributed by atoms with E-state index in [9.17, 15) is 14.0 Å². The first-order chi connectivity index (χ1) is 13.9. The van der Waals surface area contributed by atoms with E-state index in [1.54, 1.807) is 34.1 Å². The van der Waals surface area contributed by atoms with E-state index < -0.39 is 0 Å². The molecule has 6 heteroatoms. The van der Waals surface area contributed by atoms with Gasteiger partial charge in [-0.05, 0) is 42.7 Å². The van der Waals surface area contributed by atoms with Crippen LogP contribution in [0.3, 0.4) is 0 Å². The molecule has 0 N–H and O–H groups in total. The average Bonchev–Trinajstić information content (AvgIpc) is 3.13. The number of carbonyl (C=O) groups excluding carboxylic acids is 2. The SMILES string of the molecule is CC(C)N(Cc1ccc(F)c(-c2cccc(CC=O)c2)c1)C(=O)c1cn(C)cn1. The molecule has 3 aromatic rings. The summed E-state index contributed by atoms with van der Waals surface area (Å²) in [6, 6.07) is 12.1. The number of aryl methyl sites for hydroxylation is 1. The van der Waals surface area contributed by atoms with Crippen LogP contribution in [0.2, 0.25) is 0 Å². The average molecular weight is 393 g/mol. The predicted molar refractivity (Wildman–Crippen MR) is 110 cm³/mol. The summed E-state index contributed by atoms with van der Waals surface area (Å²) in [4.78, 5) is 29.5.